The maximum absolute atomic E-state index is 13.1. The van der Waals surface area contributed by atoms with Crippen LogP contribution < -0.4 is 5.32 Å². The predicted molar refractivity (Wildman–Crippen MR) is 111 cm³/mol. The number of H-pyrrole nitrogens is 1. The van der Waals surface area contributed by atoms with Crippen LogP contribution in [0.2, 0.25) is 5.02 Å². The number of hydrogen-bond donors (Lipinski definition) is 2. The van der Waals surface area contributed by atoms with Crippen molar-refractivity contribution >= 4 is 34.4 Å². The summed E-state index contributed by atoms with van der Waals surface area (Å²) in [6, 6.07) is 7.38. The normalized spacial score (nSPS) is 24.2. The molecule has 1 aliphatic carbocycles. The van der Waals surface area contributed by atoms with E-state index in [0.29, 0.717) is 37.5 Å². The summed E-state index contributed by atoms with van der Waals surface area (Å²) < 4.78 is 13.1. The molecule has 3 amide bonds. The lowest BCUT2D eigenvalue weighted by molar-refractivity contribution is -0.142. The van der Waals surface area contributed by atoms with Gasteiger partial charge in [0.1, 0.15) is 6.17 Å². The summed E-state index contributed by atoms with van der Waals surface area (Å²) in [6.07, 6.45) is 1.55. The Morgan fingerprint density at radius 1 is 1.34 bits per heavy atom. The van der Waals surface area contributed by atoms with Crippen LogP contribution in [0.4, 0.5) is 9.18 Å². The van der Waals surface area contributed by atoms with Crippen LogP contribution >= 0.6 is 11.6 Å². The van der Waals surface area contributed by atoms with Gasteiger partial charge in [-0.2, -0.15) is 0 Å². The zero-order valence-electron chi connectivity index (χ0n) is 16.5. The number of alkyl halides is 1. The monoisotopic (exact) mass is 420 g/mol. The first-order valence-electron chi connectivity index (χ1n) is 10.1. The Morgan fingerprint density at radius 3 is 2.90 bits per heavy atom. The number of nitrogens with zero attached hydrogens (tertiary/aromatic N) is 2. The van der Waals surface area contributed by atoms with Gasteiger partial charge in [-0.15, -0.1) is 0 Å². The average Bonchev–Trinajstić information content (AvgIpc) is 3.10. The number of rotatable bonds is 4. The fraction of sp³-hybridized carbons (Fsp3) is 0.524. The summed E-state index contributed by atoms with van der Waals surface area (Å²) in [6.45, 7) is 1.59. The van der Waals surface area contributed by atoms with Gasteiger partial charge >= 0.3 is 6.03 Å². The van der Waals surface area contributed by atoms with E-state index in [1.807, 2.05) is 24.3 Å². The number of likely N-dealkylation sites (tertiary alicyclic amines) is 1. The van der Waals surface area contributed by atoms with Crippen LogP contribution in [0.5, 0.6) is 0 Å². The number of carbonyl (C=O) groups excluding carboxylic acids is 2. The number of likely N-dealkylation sites (N-methyl/N-ethyl adjacent to an activating group) is 1. The van der Waals surface area contributed by atoms with E-state index in [4.69, 9.17) is 11.6 Å². The second-order valence-electron chi connectivity index (χ2n) is 8.14. The third-order valence-electron chi connectivity index (χ3n) is 6.07. The Kier molecular flexibility index (Phi) is 5.67. The van der Waals surface area contributed by atoms with Gasteiger partial charge in [0.05, 0.1) is 12.6 Å². The molecule has 2 N–H and O–H groups in total. The van der Waals surface area contributed by atoms with Gasteiger partial charge in [-0.05, 0) is 49.9 Å². The number of hydrogen-bond acceptors (Lipinski definition) is 2. The number of urea groups is 1. The largest absolute Gasteiger partial charge is 0.357 e. The number of aromatic nitrogens is 1. The highest BCUT2D eigenvalue weighted by Crippen LogP contribution is 2.32. The van der Waals surface area contributed by atoms with Crippen molar-refractivity contribution in [3.8, 4) is 0 Å². The quantitative estimate of drug-likeness (QED) is 0.791. The zero-order valence-corrected chi connectivity index (χ0v) is 17.2. The van der Waals surface area contributed by atoms with Crippen molar-refractivity contribution < 1.29 is 14.0 Å². The molecule has 2 aromatic rings. The van der Waals surface area contributed by atoms with Crippen molar-refractivity contribution in [1.29, 1.82) is 0 Å². The molecule has 8 heteroatoms. The molecule has 1 saturated heterocycles. The summed E-state index contributed by atoms with van der Waals surface area (Å²) in [4.78, 5) is 31.9. The summed E-state index contributed by atoms with van der Waals surface area (Å²) in [5, 5.41) is 4.61. The minimum Gasteiger partial charge on any atom is -0.357 e. The van der Waals surface area contributed by atoms with Crippen molar-refractivity contribution in [3.63, 3.8) is 0 Å². The van der Waals surface area contributed by atoms with Gasteiger partial charge in [0.2, 0.25) is 5.91 Å². The van der Waals surface area contributed by atoms with Gasteiger partial charge in [-0.25, -0.2) is 9.18 Å². The number of halogens is 2. The van der Waals surface area contributed by atoms with E-state index in [0.717, 1.165) is 29.4 Å². The van der Waals surface area contributed by atoms with Crippen molar-refractivity contribution in [2.24, 2.45) is 5.92 Å². The van der Waals surface area contributed by atoms with E-state index in [2.05, 4.69) is 10.3 Å². The lowest BCUT2D eigenvalue weighted by atomic mass is 9.82. The number of nitrogens with one attached hydrogen (secondary N) is 2. The van der Waals surface area contributed by atoms with Crippen LogP contribution in [0, 0.1) is 5.92 Å². The molecule has 2 fully saturated rings. The van der Waals surface area contributed by atoms with Crippen molar-refractivity contribution in [2.45, 2.75) is 44.4 Å². The number of amides is 3. The molecule has 1 atom stereocenters. The van der Waals surface area contributed by atoms with Crippen molar-refractivity contribution in [3.05, 3.63) is 35.0 Å². The lowest BCUT2D eigenvalue weighted by Gasteiger charge is -2.40. The van der Waals surface area contributed by atoms with Gasteiger partial charge in [-0.1, -0.05) is 11.6 Å². The number of piperidine rings is 1. The molecule has 0 bridgehead atoms. The first-order valence-corrected chi connectivity index (χ1v) is 10.5. The van der Waals surface area contributed by atoms with Gasteiger partial charge < -0.3 is 20.1 Å². The van der Waals surface area contributed by atoms with E-state index in [9.17, 15) is 14.0 Å². The summed E-state index contributed by atoms with van der Waals surface area (Å²) >= 11 is 6.02. The standard InChI is InChI=1S/C21H26ClFN4O2/c1-26(18-3-2-6-27(12-18)20(28)14-8-16(23)9-14)21(29)24-11-17-10-13-7-15(22)4-5-19(13)25-17/h4-5,7,10,14,16,18,25H,2-3,6,8-9,11-12H2,1H3,(H,24,29). The molecule has 4 rings (SSSR count). The van der Waals surface area contributed by atoms with E-state index < -0.39 is 6.17 Å². The minimum absolute atomic E-state index is 0.0320. The molecule has 1 saturated carbocycles. The Hall–Kier alpha value is -2.28. The summed E-state index contributed by atoms with van der Waals surface area (Å²) in [7, 11) is 1.76. The topological polar surface area (TPSA) is 68.4 Å². The third kappa shape index (κ3) is 4.34. The van der Waals surface area contributed by atoms with Gasteiger partial charge in [0, 0.05) is 47.7 Å². The highest BCUT2D eigenvalue weighted by molar-refractivity contribution is 6.31. The van der Waals surface area contributed by atoms with Crippen LogP contribution in [0.3, 0.4) is 0 Å². The third-order valence-corrected chi connectivity index (χ3v) is 6.31. The van der Waals surface area contributed by atoms with Crippen LogP contribution in [0.15, 0.2) is 24.3 Å². The molecule has 156 valence electrons. The Labute approximate surface area is 174 Å². The highest BCUT2D eigenvalue weighted by atomic mass is 35.5. The molecule has 2 aliphatic rings. The molecular weight excluding hydrogens is 395 g/mol. The Morgan fingerprint density at radius 2 is 2.14 bits per heavy atom. The van der Waals surface area contributed by atoms with Gasteiger partial charge in [0.25, 0.3) is 0 Å². The zero-order chi connectivity index (χ0) is 20.5. The van der Waals surface area contributed by atoms with Crippen molar-refractivity contribution in [1.82, 2.24) is 20.1 Å². The number of aromatic amines is 1. The predicted octanol–water partition coefficient (Wildman–Crippen LogP) is 3.70. The fourth-order valence-corrected chi connectivity index (χ4v) is 4.38. The molecule has 29 heavy (non-hydrogen) atoms. The first-order chi connectivity index (χ1) is 13.9. The fourth-order valence-electron chi connectivity index (χ4n) is 4.20. The SMILES string of the molecule is CN(C(=O)NCc1cc2cc(Cl)ccc2[nH]1)C1CCCN(C(=O)C2CC(F)C2)C1. The van der Waals surface area contributed by atoms with E-state index in [-0.39, 0.29) is 23.9 Å². The van der Waals surface area contributed by atoms with Crippen LogP contribution in [-0.2, 0) is 11.3 Å². The maximum atomic E-state index is 13.1. The number of fused-ring (bicyclic) bond motifs is 1. The van der Waals surface area contributed by atoms with E-state index in [1.54, 1.807) is 16.8 Å². The molecule has 1 unspecified atom stereocenters. The van der Waals surface area contributed by atoms with Crippen molar-refractivity contribution in [2.75, 3.05) is 20.1 Å². The smallest absolute Gasteiger partial charge is 0.317 e. The lowest BCUT2D eigenvalue weighted by Crippen LogP contribution is -2.54. The second-order valence-corrected chi connectivity index (χ2v) is 8.58. The van der Waals surface area contributed by atoms with Crippen LogP contribution in [0.25, 0.3) is 10.9 Å². The van der Waals surface area contributed by atoms with Crippen LogP contribution in [0.1, 0.15) is 31.4 Å². The van der Waals surface area contributed by atoms with Crippen LogP contribution in [-0.4, -0.2) is 59.1 Å². The summed E-state index contributed by atoms with van der Waals surface area (Å²) in [5.74, 6) is -0.146. The average molecular weight is 421 g/mol. The van der Waals surface area contributed by atoms with Gasteiger partial charge in [0.15, 0.2) is 0 Å². The minimum atomic E-state index is -0.835. The molecule has 1 aromatic heterocycles. The molecule has 0 radical (unpaired) electrons. The molecule has 6 nitrogen and oxygen atoms in total. The Balaban J connectivity index is 1.31. The molecule has 1 aliphatic heterocycles. The second kappa shape index (κ2) is 8.22. The highest BCUT2D eigenvalue weighted by Gasteiger charge is 2.38. The first kappa shape index (κ1) is 20.0. The number of carbonyl (C=O) groups is 2. The van der Waals surface area contributed by atoms with E-state index >= 15 is 0 Å². The number of benzene rings is 1. The Bertz CT molecular complexity index is 911. The van der Waals surface area contributed by atoms with E-state index in [1.165, 1.54) is 0 Å². The molecule has 1 aromatic carbocycles. The molecular formula is C21H26ClFN4O2. The van der Waals surface area contributed by atoms with Gasteiger partial charge in [-0.3, -0.25) is 4.79 Å². The summed E-state index contributed by atoms with van der Waals surface area (Å²) in [5.41, 5.74) is 1.87. The maximum Gasteiger partial charge on any atom is 0.317 e. The molecule has 0 spiro atoms. The molecule has 2 heterocycles.